The number of nitrogens with zero attached hydrogens (tertiary/aromatic N) is 2. The van der Waals surface area contributed by atoms with Crippen molar-refractivity contribution in [3.05, 3.63) is 49.2 Å². The number of pyridine rings is 1. The Labute approximate surface area is 167 Å². The van der Waals surface area contributed by atoms with E-state index < -0.39 is 23.9 Å². The van der Waals surface area contributed by atoms with Gasteiger partial charge in [-0.3, -0.25) is 9.59 Å². The van der Waals surface area contributed by atoms with Crippen LogP contribution in [0.25, 0.3) is 6.08 Å². The molecule has 1 heterocycles. The summed E-state index contributed by atoms with van der Waals surface area (Å²) in [6.07, 6.45) is 3.85. The third-order valence-electron chi connectivity index (χ3n) is 4.90. The van der Waals surface area contributed by atoms with Crippen LogP contribution in [0.15, 0.2) is 43.6 Å². The lowest BCUT2D eigenvalue weighted by Crippen LogP contribution is -2.35. The molecule has 0 radical (unpaired) electrons. The number of hydrogen-bond acceptors (Lipinski definition) is 4. The number of hydrogen-bond donors (Lipinski definition) is 0. The molecule has 0 aliphatic heterocycles. The molecule has 2 amide bonds. The van der Waals surface area contributed by atoms with Crippen molar-refractivity contribution in [1.82, 2.24) is 4.98 Å². The van der Waals surface area contributed by atoms with E-state index in [1.54, 1.807) is 6.08 Å². The van der Waals surface area contributed by atoms with E-state index in [1.165, 1.54) is 19.4 Å². The Hall–Kier alpha value is -2.90. The first-order chi connectivity index (χ1) is 13.7. The maximum atomic E-state index is 12.8. The second-order valence-corrected chi connectivity index (χ2v) is 6.72. The Bertz CT molecular complexity index is 790. The highest BCUT2D eigenvalue weighted by molar-refractivity contribution is 6.21. The van der Waals surface area contributed by atoms with Crippen LogP contribution in [-0.2, 0) is 9.59 Å². The Morgan fingerprint density at radius 2 is 1.76 bits per heavy atom. The Morgan fingerprint density at radius 1 is 1.17 bits per heavy atom. The van der Waals surface area contributed by atoms with Crippen molar-refractivity contribution in [2.24, 2.45) is 11.8 Å². The maximum absolute atomic E-state index is 12.8. The average molecular weight is 408 g/mol. The molecule has 1 aromatic rings. The van der Waals surface area contributed by atoms with Crippen LogP contribution < -0.4 is 9.64 Å². The predicted molar refractivity (Wildman–Crippen MR) is 104 cm³/mol. The van der Waals surface area contributed by atoms with Crippen molar-refractivity contribution >= 4 is 23.7 Å². The molecular formula is C21H23F3N2O3. The molecule has 29 heavy (non-hydrogen) atoms. The zero-order chi connectivity index (χ0) is 21.6. The second kappa shape index (κ2) is 9.54. The quantitative estimate of drug-likeness (QED) is 0.640. The van der Waals surface area contributed by atoms with Gasteiger partial charge in [-0.1, -0.05) is 25.3 Å². The van der Waals surface area contributed by atoms with Crippen molar-refractivity contribution in [2.75, 3.05) is 12.0 Å². The van der Waals surface area contributed by atoms with Gasteiger partial charge in [0.2, 0.25) is 0 Å². The molecule has 0 unspecified atom stereocenters. The fourth-order valence-corrected chi connectivity index (χ4v) is 3.27. The number of imide groups is 1. The van der Waals surface area contributed by atoms with E-state index in [2.05, 4.69) is 18.1 Å². The van der Waals surface area contributed by atoms with Crippen LogP contribution in [0, 0.1) is 11.8 Å². The third kappa shape index (κ3) is 5.56. The molecule has 0 aromatic carbocycles. The van der Waals surface area contributed by atoms with Gasteiger partial charge in [0, 0.05) is 5.56 Å². The SMILES string of the molecule is C=CC(=O)N(C(=O)C=C)c1cc(/C=C/[C@H]2CC[C@H](C(F)(F)F)CC2)c(OC)cn1. The molecule has 1 fully saturated rings. The van der Waals surface area contributed by atoms with E-state index in [4.69, 9.17) is 4.74 Å². The minimum absolute atomic E-state index is 0.00985. The number of anilines is 1. The van der Waals surface area contributed by atoms with Crippen molar-refractivity contribution < 1.29 is 27.5 Å². The molecule has 0 bridgehead atoms. The first-order valence-corrected chi connectivity index (χ1v) is 9.13. The van der Waals surface area contributed by atoms with Gasteiger partial charge in [0.15, 0.2) is 0 Å². The number of aromatic nitrogens is 1. The molecule has 1 aromatic heterocycles. The number of ether oxygens (including phenoxy) is 1. The highest BCUT2D eigenvalue weighted by Crippen LogP contribution is 2.40. The maximum Gasteiger partial charge on any atom is 0.391 e. The van der Waals surface area contributed by atoms with Gasteiger partial charge in [0.25, 0.3) is 11.8 Å². The van der Waals surface area contributed by atoms with Gasteiger partial charge >= 0.3 is 6.18 Å². The lowest BCUT2D eigenvalue weighted by atomic mass is 9.81. The molecule has 0 atom stereocenters. The number of methoxy groups -OCH3 is 1. The number of carbonyl (C=O) groups excluding carboxylic acids is 2. The van der Waals surface area contributed by atoms with Gasteiger partial charge in [-0.2, -0.15) is 13.2 Å². The number of rotatable bonds is 6. The lowest BCUT2D eigenvalue weighted by Gasteiger charge is -2.28. The molecule has 1 aliphatic carbocycles. The van der Waals surface area contributed by atoms with Crippen LogP contribution in [0.5, 0.6) is 5.75 Å². The van der Waals surface area contributed by atoms with E-state index in [0.717, 1.165) is 17.1 Å². The van der Waals surface area contributed by atoms with Crippen molar-refractivity contribution in [2.45, 2.75) is 31.9 Å². The monoisotopic (exact) mass is 408 g/mol. The molecule has 1 saturated carbocycles. The molecule has 0 N–H and O–H groups in total. The van der Waals surface area contributed by atoms with E-state index in [0.29, 0.717) is 24.2 Å². The summed E-state index contributed by atoms with van der Waals surface area (Å²) in [5.74, 6) is -2.07. The van der Waals surface area contributed by atoms with Crippen LogP contribution >= 0.6 is 0 Å². The Kier molecular flexibility index (Phi) is 7.36. The van der Waals surface area contributed by atoms with Gasteiger partial charge in [0.05, 0.1) is 19.2 Å². The van der Waals surface area contributed by atoms with E-state index in [1.807, 2.05) is 6.08 Å². The molecule has 2 rings (SSSR count). The summed E-state index contributed by atoms with van der Waals surface area (Å²) in [5.41, 5.74) is 0.550. The van der Waals surface area contributed by atoms with Gasteiger partial charge in [-0.25, -0.2) is 9.88 Å². The molecule has 5 nitrogen and oxygen atoms in total. The lowest BCUT2D eigenvalue weighted by molar-refractivity contribution is -0.183. The van der Waals surface area contributed by atoms with Crippen LogP contribution in [0.2, 0.25) is 0 Å². The Balaban J connectivity index is 2.24. The minimum Gasteiger partial charge on any atom is -0.495 e. The average Bonchev–Trinajstić information content (AvgIpc) is 2.71. The number of amides is 2. The van der Waals surface area contributed by atoms with Crippen LogP contribution in [-0.4, -0.2) is 30.1 Å². The van der Waals surface area contributed by atoms with Crippen molar-refractivity contribution in [3.63, 3.8) is 0 Å². The summed E-state index contributed by atoms with van der Waals surface area (Å²) < 4.78 is 43.7. The van der Waals surface area contributed by atoms with Gasteiger partial charge in [0.1, 0.15) is 11.6 Å². The smallest absolute Gasteiger partial charge is 0.391 e. The number of halogens is 3. The number of carbonyl (C=O) groups is 2. The molecule has 0 spiro atoms. The first kappa shape index (κ1) is 22.4. The summed E-state index contributed by atoms with van der Waals surface area (Å²) in [6.45, 7) is 6.75. The zero-order valence-electron chi connectivity index (χ0n) is 16.1. The summed E-state index contributed by atoms with van der Waals surface area (Å²) in [7, 11) is 1.45. The van der Waals surface area contributed by atoms with Gasteiger partial charge < -0.3 is 4.74 Å². The van der Waals surface area contributed by atoms with E-state index in [-0.39, 0.29) is 24.6 Å². The van der Waals surface area contributed by atoms with Crippen molar-refractivity contribution in [3.8, 4) is 5.75 Å². The third-order valence-corrected chi connectivity index (χ3v) is 4.90. The summed E-state index contributed by atoms with van der Waals surface area (Å²) in [4.78, 5) is 29.0. The Morgan fingerprint density at radius 3 is 2.24 bits per heavy atom. The van der Waals surface area contributed by atoms with E-state index >= 15 is 0 Å². The first-order valence-electron chi connectivity index (χ1n) is 9.13. The highest BCUT2D eigenvalue weighted by Gasteiger charge is 2.40. The molecule has 156 valence electrons. The van der Waals surface area contributed by atoms with Crippen LogP contribution in [0.1, 0.15) is 31.2 Å². The van der Waals surface area contributed by atoms with Crippen LogP contribution in [0.3, 0.4) is 0 Å². The molecule has 8 heteroatoms. The topological polar surface area (TPSA) is 59.5 Å². The zero-order valence-corrected chi connectivity index (χ0v) is 16.1. The standard InChI is InChI=1S/C21H23F3N2O3/c1-4-19(27)26(20(28)5-2)18-12-15(17(29-3)13-25-18)9-6-14-7-10-16(11-8-14)21(22,23)24/h4-6,9,12-14,16H,1-2,7-8,10-11H2,3H3/b9-6+/t14-,16-. The summed E-state index contributed by atoms with van der Waals surface area (Å²) >= 11 is 0. The van der Waals surface area contributed by atoms with Gasteiger partial charge in [-0.05, 0) is 49.8 Å². The molecule has 1 aliphatic rings. The van der Waals surface area contributed by atoms with Crippen molar-refractivity contribution in [1.29, 1.82) is 0 Å². The highest BCUT2D eigenvalue weighted by atomic mass is 19.4. The minimum atomic E-state index is -4.14. The summed E-state index contributed by atoms with van der Waals surface area (Å²) in [6, 6.07) is 1.50. The van der Waals surface area contributed by atoms with Crippen LogP contribution in [0.4, 0.5) is 19.0 Å². The number of allylic oxidation sites excluding steroid dienone is 1. The van der Waals surface area contributed by atoms with Gasteiger partial charge in [-0.15, -0.1) is 0 Å². The summed E-state index contributed by atoms with van der Waals surface area (Å²) in [5, 5.41) is 0. The molecular weight excluding hydrogens is 385 g/mol. The normalized spacial score (nSPS) is 19.6. The predicted octanol–water partition coefficient (Wildman–Crippen LogP) is 4.70. The fraction of sp³-hybridized carbons (Fsp3) is 0.381. The fourth-order valence-electron chi connectivity index (χ4n) is 3.27. The largest absolute Gasteiger partial charge is 0.495 e. The van der Waals surface area contributed by atoms with E-state index in [9.17, 15) is 22.8 Å². The second-order valence-electron chi connectivity index (χ2n) is 6.72. The molecule has 0 saturated heterocycles. The number of alkyl halides is 3.